The number of hydrogen-bond acceptors (Lipinski definition) is 7. The lowest BCUT2D eigenvalue weighted by Crippen LogP contribution is -2.22. The van der Waals surface area contributed by atoms with Crippen LogP contribution in [-0.2, 0) is 27.2 Å². The van der Waals surface area contributed by atoms with Gasteiger partial charge in [-0.3, -0.25) is 0 Å². The molecule has 0 saturated carbocycles. The standard InChI is InChI=1S/C22H21F3N2O5/c1-13(27-31-11-14-4-7-16(8-5-14)22(23,24)25)15-6-9-18(26-10-15)30-12-17-19(28)21(2,3)32-20(17)29/h4-10,28H,11-12H2,1-3H3. The Hall–Kier alpha value is -3.56. The summed E-state index contributed by atoms with van der Waals surface area (Å²) in [4.78, 5) is 21.1. The summed E-state index contributed by atoms with van der Waals surface area (Å²) in [5, 5.41) is 14.0. The summed E-state index contributed by atoms with van der Waals surface area (Å²) in [6.45, 7) is 4.65. The lowest BCUT2D eigenvalue weighted by Gasteiger charge is -2.16. The summed E-state index contributed by atoms with van der Waals surface area (Å²) in [5.41, 5.74) is -0.0982. The van der Waals surface area contributed by atoms with Gasteiger partial charge in [0.2, 0.25) is 5.88 Å². The van der Waals surface area contributed by atoms with Gasteiger partial charge in [-0.25, -0.2) is 9.78 Å². The molecule has 0 radical (unpaired) electrons. The number of pyridine rings is 1. The maximum absolute atomic E-state index is 12.6. The number of alkyl halides is 3. The number of nitrogens with zero attached hydrogens (tertiary/aromatic N) is 2. The van der Waals surface area contributed by atoms with Gasteiger partial charge in [0.1, 0.15) is 24.5 Å². The minimum Gasteiger partial charge on any atom is -0.507 e. The Balaban J connectivity index is 1.54. The number of halogens is 3. The average molecular weight is 450 g/mol. The van der Waals surface area contributed by atoms with Gasteiger partial charge in [-0.15, -0.1) is 0 Å². The van der Waals surface area contributed by atoms with Crippen molar-refractivity contribution in [2.75, 3.05) is 6.61 Å². The van der Waals surface area contributed by atoms with Crippen molar-refractivity contribution in [2.24, 2.45) is 5.16 Å². The number of benzene rings is 1. The van der Waals surface area contributed by atoms with Gasteiger partial charge in [-0.1, -0.05) is 17.3 Å². The summed E-state index contributed by atoms with van der Waals surface area (Å²) in [6.07, 6.45) is -2.90. The quantitative estimate of drug-likeness (QED) is 0.378. The van der Waals surface area contributed by atoms with Crippen LogP contribution in [0.4, 0.5) is 13.2 Å². The predicted octanol–water partition coefficient (Wildman–Crippen LogP) is 4.57. The van der Waals surface area contributed by atoms with Crippen LogP contribution in [0.1, 0.15) is 37.5 Å². The number of carbonyl (C=O) groups excluding carboxylic acids is 1. The Labute approximate surface area is 182 Å². The molecule has 0 unspecified atom stereocenters. The first-order valence-electron chi connectivity index (χ1n) is 9.55. The molecular weight excluding hydrogens is 429 g/mol. The van der Waals surface area contributed by atoms with E-state index in [1.54, 1.807) is 32.9 Å². The number of ether oxygens (including phenoxy) is 2. The highest BCUT2D eigenvalue weighted by atomic mass is 19.4. The molecule has 7 nitrogen and oxygen atoms in total. The van der Waals surface area contributed by atoms with Crippen molar-refractivity contribution in [3.05, 3.63) is 70.6 Å². The number of aliphatic hydroxyl groups excluding tert-OH is 1. The third kappa shape index (κ3) is 5.37. The third-order valence-electron chi connectivity index (χ3n) is 4.68. The summed E-state index contributed by atoms with van der Waals surface area (Å²) < 4.78 is 48.3. The van der Waals surface area contributed by atoms with Gasteiger partial charge in [0.15, 0.2) is 5.60 Å². The number of carbonyl (C=O) groups is 1. The third-order valence-corrected chi connectivity index (χ3v) is 4.68. The van der Waals surface area contributed by atoms with E-state index >= 15 is 0 Å². The Morgan fingerprint density at radius 1 is 1.16 bits per heavy atom. The van der Waals surface area contributed by atoms with E-state index in [2.05, 4.69) is 10.1 Å². The summed E-state index contributed by atoms with van der Waals surface area (Å²) in [5.74, 6) is -0.588. The monoisotopic (exact) mass is 450 g/mol. The van der Waals surface area contributed by atoms with Crippen molar-refractivity contribution in [3.8, 4) is 5.88 Å². The van der Waals surface area contributed by atoms with Crippen LogP contribution in [0.5, 0.6) is 5.88 Å². The molecule has 2 aromatic rings. The average Bonchev–Trinajstić information content (AvgIpc) is 2.93. The molecule has 170 valence electrons. The number of aromatic nitrogens is 1. The maximum atomic E-state index is 12.6. The van der Waals surface area contributed by atoms with Crippen LogP contribution in [0.25, 0.3) is 0 Å². The van der Waals surface area contributed by atoms with Gasteiger partial charge in [-0.05, 0) is 44.5 Å². The zero-order valence-corrected chi connectivity index (χ0v) is 17.6. The van der Waals surface area contributed by atoms with E-state index in [0.717, 1.165) is 12.1 Å². The van der Waals surface area contributed by atoms with Gasteiger partial charge in [0, 0.05) is 17.8 Å². The van der Waals surface area contributed by atoms with Crippen LogP contribution < -0.4 is 4.74 Å². The van der Waals surface area contributed by atoms with Gasteiger partial charge in [0.25, 0.3) is 0 Å². The zero-order valence-electron chi connectivity index (χ0n) is 17.6. The van der Waals surface area contributed by atoms with E-state index in [1.165, 1.54) is 18.3 Å². The van der Waals surface area contributed by atoms with Crippen molar-refractivity contribution in [1.82, 2.24) is 4.98 Å². The van der Waals surface area contributed by atoms with Crippen molar-refractivity contribution >= 4 is 11.7 Å². The first kappa shape index (κ1) is 23.1. The maximum Gasteiger partial charge on any atom is 0.416 e. The van der Waals surface area contributed by atoms with E-state index in [9.17, 15) is 23.1 Å². The molecule has 0 aliphatic carbocycles. The smallest absolute Gasteiger partial charge is 0.416 e. The zero-order chi connectivity index (χ0) is 23.5. The summed E-state index contributed by atoms with van der Waals surface area (Å²) in [7, 11) is 0. The number of hydrogen-bond donors (Lipinski definition) is 1. The molecule has 10 heteroatoms. The number of aliphatic hydroxyl groups is 1. The fourth-order valence-electron chi connectivity index (χ4n) is 2.80. The first-order chi connectivity index (χ1) is 15.0. The molecule has 0 atom stereocenters. The molecule has 0 fully saturated rings. The predicted molar refractivity (Wildman–Crippen MR) is 108 cm³/mol. The van der Waals surface area contributed by atoms with E-state index < -0.39 is 23.3 Å². The molecular formula is C22H21F3N2O5. The van der Waals surface area contributed by atoms with Crippen LogP contribution in [0.2, 0.25) is 0 Å². The van der Waals surface area contributed by atoms with Crippen LogP contribution in [0.15, 0.2) is 59.1 Å². The molecule has 32 heavy (non-hydrogen) atoms. The molecule has 0 spiro atoms. The molecule has 0 amide bonds. The molecule has 0 saturated heterocycles. The number of rotatable bonds is 7. The number of cyclic esters (lactones) is 1. The van der Waals surface area contributed by atoms with Crippen molar-refractivity contribution in [2.45, 2.75) is 39.2 Å². The van der Waals surface area contributed by atoms with Gasteiger partial charge in [0.05, 0.1) is 11.3 Å². The number of oxime groups is 1. The van der Waals surface area contributed by atoms with E-state index in [-0.39, 0.29) is 30.4 Å². The highest BCUT2D eigenvalue weighted by Crippen LogP contribution is 2.31. The SMILES string of the molecule is CC(=NOCc1ccc(C(F)(F)F)cc1)c1ccc(OCC2=C(O)C(C)(C)OC2=O)nc1. The second kappa shape index (κ2) is 8.89. The molecule has 1 aliphatic heterocycles. The Bertz CT molecular complexity index is 1040. The minimum absolute atomic E-state index is 0.00908. The first-order valence-corrected chi connectivity index (χ1v) is 9.55. The van der Waals surface area contributed by atoms with Crippen molar-refractivity contribution < 1.29 is 37.4 Å². The molecule has 1 N–H and O–H groups in total. The fraction of sp³-hybridized carbons (Fsp3) is 0.318. The van der Waals surface area contributed by atoms with Crippen molar-refractivity contribution in [3.63, 3.8) is 0 Å². The Kier molecular flexibility index (Phi) is 6.42. The fourth-order valence-corrected chi connectivity index (χ4v) is 2.80. The number of esters is 1. The van der Waals surface area contributed by atoms with E-state index in [4.69, 9.17) is 14.3 Å². The van der Waals surface area contributed by atoms with E-state index in [0.29, 0.717) is 16.8 Å². The molecule has 1 aromatic heterocycles. The molecule has 1 aliphatic rings. The lowest BCUT2D eigenvalue weighted by molar-refractivity contribution is -0.145. The Morgan fingerprint density at radius 3 is 2.38 bits per heavy atom. The van der Waals surface area contributed by atoms with Gasteiger partial charge in [-0.2, -0.15) is 13.2 Å². The highest BCUT2D eigenvalue weighted by Gasteiger charge is 2.41. The summed E-state index contributed by atoms with van der Waals surface area (Å²) in [6, 6.07) is 7.87. The molecule has 1 aromatic carbocycles. The lowest BCUT2D eigenvalue weighted by atomic mass is 10.1. The second-order valence-corrected chi connectivity index (χ2v) is 7.55. The molecule has 0 bridgehead atoms. The van der Waals surface area contributed by atoms with Crippen molar-refractivity contribution in [1.29, 1.82) is 0 Å². The highest BCUT2D eigenvalue weighted by molar-refractivity contribution is 5.98. The van der Waals surface area contributed by atoms with Crippen LogP contribution in [-0.4, -0.2) is 34.0 Å². The molecule has 3 rings (SSSR count). The van der Waals surface area contributed by atoms with E-state index in [1.807, 2.05) is 0 Å². The largest absolute Gasteiger partial charge is 0.507 e. The van der Waals surface area contributed by atoms with Crippen LogP contribution in [0, 0.1) is 0 Å². The minimum atomic E-state index is -4.38. The van der Waals surface area contributed by atoms with Gasteiger partial charge < -0.3 is 19.4 Å². The molecule has 2 heterocycles. The van der Waals surface area contributed by atoms with Crippen LogP contribution in [0.3, 0.4) is 0 Å². The van der Waals surface area contributed by atoms with Gasteiger partial charge >= 0.3 is 12.1 Å². The topological polar surface area (TPSA) is 90.2 Å². The summed E-state index contributed by atoms with van der Waals surface area (Å²) >= 11 is 0. The Morgan fingerprint density at radius 2 is 1.84 bits per heavy atom. The second-order valence-electron chi connectivity index (χ2n) is 7.55. The van der Waals surface area contributed by atoms with Crippen LogP contribution >= 0.6 is 0 Å². The normalized spacial score (nSPS) is 16.2.